The average molecular weight is 427 g/mol. The van der Waals surface area contributed by atoms with Crippen molar-refractivity contribution in [3.05, 3.63) is 75.2 Å². The summed E-state index contributed by atoms with van der Waals surface area (Å²) in [4.78, 5) is 32.1. The summed E-state index contributed by atoms with van der Waals surface area (Å²) in [5.74, 6) is -0.121. The van der Waals surface area contributed by atoms with Gasteiger partial charge < -0.3 is 14.0 Å². The third kappa shape index (κ3) is 3.04. The van der Waals surface area contributed by atoms with E-state index in [0.717, 1.165) is 18.2 Å². The predicted molar refractivity (Wildman–Crippen MR) is 111 cm³/mol. The molecule has 0 radical (unpaired) electrons. The highest BCUT2D eigenvalue weighted by Gasteiger charge is 2.37. The summed E-state index contributed by atoms with van der Waals surface area (Å²) in [6.45, 7) is 1.49. The lowest BCUT2D eigenvalue weighted by Gasteiger charge is -2.43. The molecule has 4 heterocycles. The molecule has 1 saturated heterocycles. The Morgan fingerprint density at radius 1 is 1.20 bits per heavy atom. The Bertz CT molecular complexity index is 1220. The number of fused-ring (bicyclic) bond motifs is 4. The van der Waals surface area contributed by atoms with Crippen LogP contribution in [0.25, 0.3) is 11.4 Å². The number of carbonyl (C=O) groups is 1. The minimum Gasteiger partial charge on any atom is -0.338 e. The van der Waals surface area contributed by atoms with Gasteiger partial charge in [0.15, 0.2) is 0 Å². The Balaban J connectivity index is 1.47. The van der Waals surface area contributed by atoms with Crippen LogP contribution in [0.1, 0.15) is 28.4 Å². The fourth-order valence-corrected chi connectivity index (χ4v) is 4.90. The molecule has 0 aliphatic carbocycles. The highest BCUT2D eigenvalue weighted by atomic mass is 35.5. The van der Waals surface area contributed by atoms with Crippen LogP contribution in [0, 0.1) is 11.7 Å². The number of benzene rings is 1. The number of carbonyl (C=O) groups excluding carboxylic acids is 1. The summed E-state index contributed by atoms with van der Waals surface area (Å²) in [7, 11) is 1.86. The monoisotopic (exact) mass is 426 g/mol. The Morgan fingerprint density at radius 3 is 2.77 bits per heavy atom. The highest BCUT2D eigenvalue weighted by Crippen LogP contribution is 2.36. The molecule has 8 heteroatoms. The number of piperidine rings is 1. The van der Waals surface area contributed by atoms with E-state index in [1.165, 1.54) is 12.1 Å². The van der Waals surface area contributed by atoms with Gasteiger partial charge in [-0.05, 0) is 42.7 Å². The summed E-state index contributed by atoms with van der Waals surface area (Å²) in [6.07, 6.45) is 4.40. The van der Waals surface area contributed by atoms with E-state index in [-0.39, 0.29) is 33.9 Å². The second-order valence-corrected chi connectivity index (χ2v) is 8.52. The molecule has 0 spiro atoms. The number of hydrogen-bond donors (Lipinski definition) is 0. The number of pyridine rings is 1. The van der Waals surface area contributed by atoms with E-state index in [1.807, 2.05) is 34.5 Å². The standard InChI is InChI=1S/C22H20ClFN4O2/c1-26-7-6-25-20(26)17-4-5-19-14-8-13(11-28(19)22(17)30)10-27(12-14)21(29)16-3-2-15(23)9-18(16)24/h2-7,9,13-14H,8,10-12H2,1H3/t13-,14+/m0/s1. The number of imidazole rings is 1. The lowest BCUT2D eigenvalue weighted by Crippen LogP contribution is -2.49. The molecule has 1 fully saturated rings. The average Bonchev–Trinajstić information content (AvgIpc) is 3.14. The van der Waals surface area contributed by atoms with Crippen molar-refractivity contribution in [1.82, 2.24) is 19.0 Å². The van der Waals surface area contributed by atoms with Gasteiger partial charge in [-0.15, -0.1) is 0 Å². The van der Waals surface area contributed by atoms with Crippen molar-refractivity contribution in [3.63, 3.8) is 0 Å². The highest BCUT2D eigenvalue weighted by molar-refractivity contribution is 6.30. The van der Waals surface area contributed by atoms with Gasteiger partial charge in [0.05, 0.1) is 11.1 Å². The first-order valence-corrected chi connectivity index (χ1v) is 10.3. The van der Waals surface area contributed by atoms with E-state index >= 15 is 0 Å². The molecule has 6 nitrogen and oxygen atoms in total. The molecule has 1 amide bonds. The number of aryl methyl sites for hydroxylation is 1. The number of aromatic nitrogens is 3. The Morgan fingerprint density at radius 2 is 2.03 bits per heavy atom. The van der Waals surface area contributed by atoms with E-state index in [2.05, 4.69) is 4.98 Å². The van der Waals surface area contributed by atoms with E-state index < -0.39 is 5.82 Å². The molecule has 2 bridgehead atoms. The zero-order valence-electron chi connectivity index (χ0n) is 16.4. The smallest absolute Gasteiger partial charge is 0.261 e. The minimum absolute atomic E-state index is 0.0295. The summed E-state index contributed by atoms with van der Waals surface area (Å²) in [5.41, 5.74) is 1.47. The molecule has 2 aliphatic heterocycles. The second-order valence-electron chi connectivity index (χ2n) is 8.08. The lowest BCUT2D eigenvalue weighted by molar-refractivity contribution is 0.0590. The molecule has 0 unspecified atom stereocenters. The molecule has 2 aliphatic rings. The van der Waals surface area contributed by atoms with Gasteiger partial charge >= 0.3 is 0 Å². The Labute approximate surface area is 177 Å². The van der Waals surface area contributed by atoms with Crippen molar-refractivity contribution in [2.45, 2.75) is 18.9 Å². The number of likely N-dealkylation sites (tertiary alicyclic amines) is 1. The van der Waals surface area contributed by atoms with E-state index in [4.69, 9.17) is 11.6 Å². The molecule has 0 saturated carbocycles. The Kier molecular flexibility index (Phi) is 4.50. The van der Waals surface area contributed by atoms with Gasteiger partial charge in [0.2, 0.25) is 0 Å². The van der Waals surface area contributed by atoms with Crippen LogP contribution < -0.4 is 5.56 Å². The van der Waals surface area contributed by atoms with Crippen LogP contribution in [0.4, 0.5) is 4.39 Å². The second kappa shape index (κ2) is 7.09. The minimum atomic E-state index is -0.612. The van der Waals surface area contributed by atoms with Crippen molar-refractivity contribution in [1.29, 1.82) is 0 Å². The predicted octanol–water partition coefficient (Wildman–Crippen LogP) is 3.30. The number of rotatable bonds is 2. The Hall–Kier alpha value is -2.93. The SMILES string of the molecule is Cn1ccnc1-c1ccc2n(c1=O)C[C@H]1C[C@@H]2CN(C(=O)c2ccc(Cl)cc2F)C1. The van der Waals surface area contributed by atoms with Crippen LogP contribution in [-0.4, -0.2) is 38.0 Å². The van der Waals surface area contributed by atoms with Crippen LogP contribution in [0.5, 0.6) is 0 Å². The number of nitrogens with zero attached hydrogens (tertiary/aromatic N) is 4. The maximum Gasteiger partial charge on any atom is 0.261 e. The lowest BCUT2D eigenvalue weighted by atomic mass is 9.82. The number of halogens is 2. The molecular formula is C22H20ClFN4O2. The fourth-order valence-electron chi connectivity index (χ4n) is 4.74. The van der Waals surface area contributed by atoms with Crippen LogP contribution >= 0.6 is 11.6 Å². The molecule has 3 aromatic rings. The van der Waals surface area contributed by atoms with Crippen molar-refractivity contribution in [2.24, 2.45) is 13.0 Å². The molecule has 1 aromatic carbocycles. The number of hydrogen-bond acceptors (Lipinski definition) is 3. The molecule has 2 aromatic heterocycles. The van der Waals surface area contributed by atoms with Crippen molar-refractivity contribution in [3.8, 4) is 11.4 Å². The van der Waals surface area contributed by atoms with Crippen molar-refractivity contribution < 1.29 is 9.18 Å². The van der Waals surface area contributed by atoms with Gasteiger partial charge in [0.25, 0.3) is 11.5 Å². The van der Waals surface area contributed by atoms with Crippen LogP contribution in [0.15, 0.2) is 47.5 Å². The van der Waals surface area contributed by atoms with E-state index in [9.17, 15) is 14.0 Å². The number of amides is 1. The van der Waals surface area contributed by atoms with E-state index in [1.54, 1.807) is 11.1 Å². The van der Waals surface area contributed by atoms with Crippen LogP contribution in [-0.2, 0) is 13.6 Å². The maximum absolute atomic E-state index is 14.3. The van der Waals surface area contributed by atoms with Gasteiger partial charge in [-0.1, -0.05) is 11.6 Å². The molecule has 0 N–H and O–H groups in total. The molecule has 2 atom stereocenters. The first kappa shape index (κ1) is 19.1. The van der Waals surface area contributed by atoms with Crippen LogP contribution in [0.2, 0.25) is 5.02 Å². The topological polar surface area (TPSA) is 60.1 Å². The summed E-state index contributed by atoms with van der Waals surface area (Å²) >= 11 is 5.81. The van der Waals surface area contributed by atoms with Crippen molar-refractivity contribution in [2.75, 3.05) is 13.1 Å². The molecule has 5 rings (SSSR count). The summed E-state index contributed by atoms with van der Waals surface area (Å²) < 4.78 is 17.9. The first-order chi connectivity index (χ1) is 14.4. The zero-order chi connectivity index (χ0) is 21.0. The third-order valence-corrected chi connectivity index (χ3v) is 6.35. The largest absolute Gasteiger partial charge is 0.338 e. The summed E-state index contributed by atoms with van der Waals surface area (Å²) in [6, 6.07) is 7.89. The third-order valence-electron chi connectivity index (χ3n) is 6.12. The van der Waals surface area contributed by atoms with E-state index in [0.29, 0.717) is 31.0 Å². The first-order valence-electron chi connectivity index (χ1n) is 9.88. The van der Waals surface area contributed by atoms with Crippen LogP contribution in [0.3, 0.4) is 0 Å². The van der Waals surface area contributed by atoms with Gasteiger partial charge in [0, 0.05) is 55.7 Å². The van der Waals surface area contributed by atoms with Crippen molar-refractivity contribution >= 4 is 17.5 Å². The van der Waals surface area contributed by atoms with Gasteiger partial charge in [-0.3, -0.25) is 9.59 Å². The summed E-state index contributed by atoms with van der Waals surface area (Å²) in [5, 5.41) is 0.261. The van der Waals surface area contributed by atoms with Gasteiger partial charge in [-0.2, -0.15) is 0 Å². The normalized spacial score (nSPS) is 20.2. The maximum atomic E-state index is 14.3. The fraction of sp³-hybridized carbons (Fsp3) is 0.318. The van der Waals surface area contributed by atoms with Gasteiger partial charge in [0.1, 0.15) is 11.6 Å². The zero-order valence-corrected chi connectivity index (χ0v) is 17.1. The molecular weight excluding hydrogens is 407 g/mol. The molecule has 30 heavy (non-hydrogen) atoms. The van der Waals surface area contributed by atoms with Gasteiger partial charge in [-0.25, -0.2) is 9.37 Å². The molecule has 154 valence electrons. The quantitative estimate of drug-likeness (QED) is 0.631.